The van der Waals surface area contributed by atoms with Crippen LogP contribution in [0.15, 0.2) is 12.1 Å². The summed E-state index contributed by atoms with van der Waals surface area (Å²) in [5.74, 6) is -0.193. The van der Waals surface area contributed by atoms with Gasteiger partial charge in [0.05, 0.1) is 10.0 Å². The van der Waals surface area contributed by atoms with Gasteiger partial charge < -0.3 is 10.6 Å². The van der Waals surface area contributed by atoms with E-state index < -0.39 is 0 Å². The lowest BCUT2D eigenvalue weighted by Crippen LogP contribution is -2.31. The molecule has 8 heteroatoms. The first-order valence-corrected chi connectivity index (χ1v) is 8.05. The minimum atomic E-state index is -0.193. The van der Waals surface area contributed by atoms with Gasteiger partial charge in [0.2, 0.25) is 0 Å². The molecule has 2 aromatic rings. The number of amides is 1. The molecular formula is C13H14Cl4N2OS. The van der Waals surface area contributed by atoms with E-state index in [1.54, 1.807) is 12.1 Å². The molecule has 1 aromatic heterocycles. The highest BCUT2D eigenvalue weighted by atomic mass is 35.5. The Hall–Kier alpha value is -0.230. The molecule has 1 aromatic carbocycles. The summed E-state index contributed by atoms with van der Waals surface area (Å²) in [6.07, 6.45) is 0. The number of benzene rings is 1. The molecule has 0 aliphatic heterocycles. The van der Waals surface area contributed by atoms with E-state index in [2.05, 4.69) is 10.6 Å². The molecule has 1 heterocycles. The number of rotatable bonds is 5. The molecular weight excluding hydrogens is 374 g/mol. The molecule has 2 N–H and O–H groups in total. The first-order valence-electron chi connectivity index (χ1n) is 6.10. The number of likely N-dealkylation sites (N-methyl/N-ethyl adjacent to an activating group) is 1. The van der Waals surface area contributed by atoms with E-state index in [4.69, 9.17) is 34.8 Å². The molecule has 0 unspecified atom stereocenters. The molecule has 0 spiro atoms. The molecule has 0 saturated carbocycles. The average molecular weight is 388 g/mol. The molecule has 0 aliphatic rings. The highest BCUT2D eigenvalue weighted by molar-refractivity contribution is 7.21. The van der Waals surface area contributed by atoms with Crippen molar-refractivity contribution in [1.29, 1.82) is 0 Å². The normalized spacial score (nSPS) is 10.5. The summed E-state index contributed by atoms with van der Waals surface area (Å²) in [4.78, 5) is 12.6. The summed E-state index contributed by atoms with van der Waals surface area (Å²) < 4.78 is 0.810. The Morgan fingerprint density at radius 1 is 1.24 bits per heavy atom. The van der Waals surface area contributed by atoms with E-state index in [0.717, 1.165) is 17.8 Å². The van der Waals surface area contributed by atoms with Crippen molar-refractivity contribution in [3.63, 3.8) is 0 Å². The van der Waals surface area contributed by atoms with E-state index in [0.29, 0.717) is 31.9 Å². The summed E-state index contributed by atoms with van der Waals surface area (Å²) in [6, 6.07) is 3.38. The number of nitrogens with one attached hydrogen (secondary N) is 2. The molecule has 1 amide bonds. The van der Waals surface area contributed by atoms with Gasteiger partial charge in [-0.25, -0.2) is 0 Å². The van der Waals surface area contributed by atoms with Gasteiger partial charge in [-0.3, -0.25) is 4.79 Å². The second kappa shape index (κ2) is 8.42. The Bertz CT molecular complexity index is 645. The number of hydrogen-bond acceptors (Lipinski definition) is 3. The van der Waals surface area contributed by atoms with E-state index >= 15 is 0 Å². The van der Waals surface area contributed by atoms with E-state index in [1.807, 2.05) is 6.92 Å². The standard InChI is InChI=1S/C13H13Cl3N2OS.ClH/c1-2-17-3-4-18-13(19)12-11(16)10-8(15)5-7(14)6-9(10)20-12;/h5-6,17H,2-4H2,1H3,(H,18,19);1H. The molecule has 116 valence electrons. The molecule has 0 saturated heterocycles. The van der Waals surface area contributed by atoms with Crippen molar-refractivity contribution in [1.82, 2.24) is 10.6 Å². The van der Waals surface area contributed by atoms with Gasteiger partial charge in [0.25, 0.3) is 5.91 Å². The van der Waals surface area contributed by atoms with Gasteiger partial charge in [0.15, 0.2) is 0 Å². The number of fused-ring (bicyclic) bond motifs is 1. The molecule has 21 heavy (non-hydrogen) atoms. The Kier molecular flexibility index (Phi) is 7.54. The quantitative estimate of drug-likeness (QED) is 0.734. The molecule has 3 nitrogen and oxygen atoms in total. The fourth-order valence-corrected chi connectivity index (χ4v) is 4.07. The van der Waals surface area contributed by atoms with Gasteiger partial charge >= 0.3 is 0 Å². The van der Waals surface area contributed by atoms with Crippen LogP contribution in [0.5, 0.6) is 0 Å². The maximum Gasteiger partial charge on any atom is 0.262 e. The van der Waals surface area contributed by atoms with Gasteiger partial charge in [0, 0.05) is 28.2 Å². The van der Waals surface area contributed by atoms with E-state index in [1.165, 1.54) is 11.3 Å². The number of hydrogen-bond donors (Lipinski definition) is 2. The lowest BCUT2D eigenvalue weighted by atomic mass is 10.2. The lowest BCUT2D eigenvalue weighted by Gasteiger charge is -2.04. The Morgan fingerprint density at radius 3 is 2.62 bits per heavy atom. The first kappa shape index (κ1) is 18.8. The minimum absolute atomic E-state index is 0. The molecule has 0 fully saturated rings. The SMILES string of the molecule is CCNCCNC(=O)c1sc2cc(Cl)cc(Cl)c2c1Cl.Cl. The van der Waals surface area contributed by atoms with Crippen molar-refractivity contribution in [2.75, 3.05) is 19.6 Å². The third-order valence-corrected chi connectivity index (χ3v) is 4.84. The summed E-state index contributed by atoms with van der Waals surface area (Å²) in [5.41, 5.74) is 0. The van der Waals surface area contributed by atoms with Crippen molar-refractivity contribution in [2.24, 2.45) is 0 Å². The largest absolute Gasteiger partial charge is 0.350 e. The number of carbonyl (C=O) groups excluding carboxylic acids is 1. The predicted molar refractivity (Wildman–Crippen MR) is 95.0 cm³/mol. The van der Waals surface area contributed by atoms with Crippen LogP contribution in [0.25, 0.3) is 10.1 Å². The van der Waals surface area contributed by atoms with Crippen LogP contribution in [0.1, 0.15) is 16.6 Å². The maximum absolute atomic E-state index is 12.1. The van der Waals surface area contributed by atoms with Gasteiger partial charge in [-0.15, -0.1) is 23.7 Å². The van der Waals surface area contributed by atoms with Gasteiger partial charge in [0.1, 0.15) is 4.88 Å². The molecule has 0 aliphatic carbocycles. The highest BCUT2D eigenvalue weighted by Crippen LogP contribution is 2.41. The fraction of sp³-hybridized carbons (Fsp3) is 0.308. The number of thiophene rings is 1. The van der Waals surface area contributed by atoms with Gasteiger partial charge in [-0.2, -0.15) is 0 Å². The maximum atomic E-state index is 12.1. The second-order valence-electron chi connectivity index (χ2n) is 4.12. The predicted octanol–water partition coefficient (Wildman–Crippen LogP) is 4.62. The zero-order chi connectivity index (χ0) is 14.7. The molecule has 0 bridgehead atoms. The highest BCUT2D eigenvalue weighted by Gasteiger charge is 2.19. The van der Waals surface area contributed by atoms with Crippen LogP contribution in [0.4, 0.5) is 0 Å². The summed E-state index contributed by atoms with van der Waals surface area (Å²) in [5, 5.41) is 8.00. The van der Waals surface area contributed by atoms with Crippen LogP contribution in [-0.4, -0.2) is 25.5 Å². The smallest absolute Gasteiger partial charge is 0.262 e. The monoisotopic (exact) mass is 386 g/mol. The summed E-state index contributed by atoms with van der Waals surface area (Å²) >= 11 is 19.6. The van der Waals surface area contributed by atoms with Crippen molar-refractivity contribution >= 4 is 74.5 Å². The van der Waals surface area contributed by atoms with Crippen LogP contribution in [0, 0.1) is 0 Å². The molecule has 0 radical (unpaired) electrons. The molecule has 0 atom stereocenters. The van der Waals surface area contributed by atoms with Crippen molar-refractivity contribution in [2.45, 2.75) is 6.92 Å². The van der Waals surface area contributed by atoms with Crippen molar-refractivity contribution in [3.8, 4) is 0 Å². The third kappa shape index (κ3) is 4.38. The van der Waals surface area contributed by atoms with E-state index in [-0.39, 0.29) is 18.3 Å². The lowest BCUT2D eigenvalue weighted by molar-refractivity contribution is 0.0958. The van der Waals surface area contributed by atoms with Gasteiger partial charge in [-0.05, 0) is 18.7 Å². The summed E-state index contributed by atoms with van der Waals surface area (Å²) in [7, 11) is 0. The first-order chi connectivity index (χ1) is 9.54. The van der Waals surface area contributed by atoms with E-state index in [9.17, 15) is 4.79 Å². The number of carbonyl (C=O) groups is 1. The minimum Gasteiger partial charge on any atom is -0.350 e. The topological polar surface area (TPSA) is 41.1 Å². The van der Waals surface area contributed by atoms with Crippen LogP contribution < -0.4 is 10.6 Å². The van der Waals surface area contributed by atoms with Crippen LogP contribution in [0.2, 0.25) is 15.1 Å². The van der Waals surface area contributed by atoms with Crippen LogP contribution >= 0.6 is 58.5 Å². The Balaban J connectivity index is 0.00000220. The second-order valence-corrected chi connectivity index (χ2v) is 6.39. The third-order valence-electron chi connectivity index (χ3n) is 2.69. The Labute approximate surface area is 148 Å². The average Bonchev–Trinajstić information content (AvgIpc) is 2.71. The number of halogens is 4. The fourth-order valence-electron chi connectivity index (χ4n) is 1.78. The summed E-state index contributed by atoms with van der Waals surface area (Å²) in [6.45, 7) is 4.15. The van der Waals surface area contributed by atoms with Crippen molar-refractivity contribution in [3.05, 3.63) is 32.1 Å². The molecule has 2 rings (SSSR count). The van der Waals surface area contributed by atoms with Crippen molar-refractivity contribution < 1.29 is 4.79 Å². The van der Waals surface area contributed by atoms with Crippen LogP contribution in [0.3, 0.4) is 0 Å². The van der Waals surface area contributed by atoms with Crippen LogP contribution in [-0.2, 0) is 0 Å². The van der Waals surface area contributed by atoms with Gasteiger partial charge in [-0.1, -0.05) is 41.7 Å². The zero-order valence-electron chi connectivity index (χ0n) is 11.1. The Morgan fingerprint density at radius 2 is 1.95 bits per heavy atom. The zero-order valence-corrected chi connectivity index (χ0v) is 15.0.